The summed E-state index contributed by atoms with van der Waals surface area (Å²) >= 11 is 0. The Hall–Kier alpha value is -7.31. The topological polar surface area (TPSA) is 81.2 Å². The fourth-order valence-electron chi connectivity index (χ4n) is 7.19. The number of hydrogen-bond acceptors (Lipinski definition) is 3. The number of aromatic nitrogens is 2. The van der Waals surface area contributed by atoms with Crippen molar-refractivity contribution < 1.29 is 0 Å². The zero-order valence-corrected chi connectivity index (χ0v) is 28.4. The molecule has 7 rings (SSSR count). The molecule has 5 aromatic carbocycles. The molecule has 2 aromatic heterocycles. The highest BCUT2D eigenvalue weighted by Crippen LogP contribution is 2.39. The SMILES string of the molecule is C#Cc1c(/C=C\C)c(/C=C\C)c(C)n1-c1ccc(-c2c(C#N)cc(-c3ccccc3-n3c4ccccc4c4cc(C#N)ccc43)cc2C#N)cc1. The van der Waals surface area contributed by atoms with Gasteiger partial charge in [-0.05, 0) is 86.5 Å². The van der Waals surface area contributed by atoms with Crippen molar-refractivity contribution in [3.05, 3.63) is 154 Å². The third-order valence-corrected chi connectivity index (χ3v) is 9.35. The van der Waals surface area contributed by atoms with E-state index in [1.165, 1.54) is 0 Å². The van der Waals surface area contributed by atoms with Crippen LogP contribution in [0.5, 0.6) is 0 Å². The van der Waals surface area contributed by atoms with E-state index in [1.54, 1.807) is 0 Å². The van der Waals surface area contributed by atoms with Gasteiger partial charge in [0.2, 0.25) is 0 Å². The van der Waals surface area contributed by atoms with Crippen molar-refractivity contribution in [1.82, 2.24) is 9.13 Å². The van der Waals surface area contributed by atoms with Crippen LogP contribution < -0.4 is 0 Å². The minimum absolute atomic E-state index is 0.402. The molecule has 0 saturated heterocycles. The fourth-order valence-corrected chi connectivity index (χ4v) is 7.19. The lowest BCUT2D eigenvalue weighted by Crippen LogP contribution is -2.01. The van der Waals surface area contributed by atoms with Crippen molar-refractivity contribution in [2.24, 2.45) is 0 Å². The second-order valence-electron chi connectivity index (χ2n) is 12.2. The predicted molar refractivity (Wildman–Crippen MR) is 207 cm³/mol. The van der Waals surface area contributed by atoms with E-state index < -0.39 is 0 Å². The van der Waals surface area contributed by atoms with Crippen molar-refractivity contribution in [2.45, 2.75) is 20.8 Å². The summed E-state index contributed by atoms with van der Waals surface area (Å²) in [5, 5.41) is 32.6. The zero-order valence-electron chi connectivity index (χ0n) is 28.4. The van der Waals surface area contributed by atoms with Crippen LogP contribution in [0.2, 0.25) is 0 Å². The molecule has 0 fully saturated rings. The summed E-state index contributed by atoms with van der Waals surface area (Å²) in [7, 11) is 0. The first-order valence-electron chi connectivity index (χ1n) is 16.6. The number of nitriles is 3. The lowest BCUT2D eigenvalue weighted by atomic mass is 9.90. The largest absolute Gasteiger partial charge is 0.309 e. The average Bonchev–Trinajstić information content (AvgIpc) is 3.64. The van der Waals surface area contributed by atoms with Crippen molar-refractivity contribution in [3.8, 4) is 64.2 Å². The number of terminal acetylenes is 1. The smallest absolute Gasteiger partial charge is 0.104 e. The maximum Gasteiger partial charge on any atom is 0.104 e. The molecular formula is C46H31N5. The standard InChI is InChI=1S/C46H31N5/c1-5-12-37-30(4)50(42(7-3)39(37)13-6-2)36-21-19-32(20-22-36)46-34(28-48)25-33(26-35(46)29-49)38-14-8-10-16-43(38)51-44-17-11-9-15-40(44)41-24-31(27-47)18-23-45(41)51/h3,5-6,8-26H,1-2,4H3/b12-5-,13-6-. The minimum Gasteiger partial charge on any atom is -0.309 e. The highest BCUT2D eigenvalue weighted by molar-refractivity contribution is 6.10. The quantitative estimate of drug-likeness (QED) is 0.168. The number of para-hydroxylation sites is 2. The lowest BCUT2D eigenvalue weighted by Gasteiger charge is -2.16. The van der Waals surface area contributed by atoms with Crippen LogP contribution in [0.1, 0.15) is 53.1 Å². The van der Waals surface area contributed by atoms with Gasteiger partial charge in [-0.25, -0.2) is 0 Å². The van der Waals surface area contributed by atoms with Gasteiger partial charge in [0.1, 0.15) is 5.69 Å². The van der Waals surface area contributed by atoms with Gasteiger partial charge in [0, 0.05) is 44.4 Å². The number of hydrogen-bond donors (Lipinski definition) is 0. The van der Waals surface area contributed by atoms with Gasteiger partial charge in [0.05, 0.1) is 51.6 Å². The number of fused-ring (bicyclic) bond motifs is 3. The van der Waals surface area contributed by atoms with Crippen LogP contribution in [-0.2, 0) is 0 Å². The Labute approximate surface area is 297 Å². The minimum atomic E-state index is 0.402. The monoisotopic (exact) mass is 653 g/mol. The Kier molecular flexibility index (Phi) is 8.41. The Balaban J connectivity index is 1.37. The number of nitrogens with zero attached hydrogens (tertiary/aromatic N) is 5. The van der Waals surface area contributed by atoms with Crippen LogP contribution in [0.15, 0.2) is 115 Å². The van der Waals surface area contributed by atoms with Gasteiger partial charge in [0.15, 0.2) is 0 Å². The molecule has 5 nitrogen and oxygen atoms in total. The number of allylic oxidation sites excluding steroid dienone is 2. The van der Waals surface area contributed by atoms with Crippen molar-refractivity contribution >= 4 is 34.0 Å². The van der Waals surface area contributed by atoms with Crippen LogP contribution in [-0.4, -0.2) is 9.13 Å². The van der Waals surface area contributed by atoms with E-state index in [-0.39, 0.29) is 0 Å². The predicted octanol–water partition coefficient (Wildman–Crippen LogP) is 10.9. The first-order valence-corrected chi connectivity index (χ1v) is 16.6. The van der Waals surface area contributed by atoms with E-state index in [9.17, 15) is 15.8 Å². The third-order valence-electron chi connectivity index (χ3n) is 9.35. The van der Waals surface area contributed by atoms with E-state index in [4.69, 9.17) is 6.42 Å². The van der Waals surface area contributed by atoms with Crippen molar-refractivity contribution in [3.63, 3.8) is 0 Å². The highest BCUT2D eigenvalue weighted by atomic mass is 15.0. The summed E-state index contributed by atoms with van der Waals surface area (Å²) in [6.45, 7) is 6.01. The first-order chi connectivity index (χ1) is 25.0. The highest BCUT2D eigenvalue weighted by Gasteiger charge is 2.21. The van der Waals surface area contributed by atoms with E-state index in [2.05, 4.69) is 58.4 Å². The third kappa shape index (κ3) is 5.28. The molecular weight excluding hydrogens is 623 g/mol. The first kappa shape index (κ1) is 32.2. The Morgan fingerprint density at radius 1 is 0.627 bits per heavy atom. The van der Waals surface area contributed by atoms with Gasteiger partial charge >= 0.3 is 0 Å². The molecule has 2 heterocycles. The Bertz CT molecular complexity index is 2720. The van der Waals surface area contributed by atoms with Crippen LogP contribution in [0.4, 0.5) is 0 Å². The molecule has 0 spiro atoms. The molecule has 7 aromatic rings. The average molecular weight is 654 g/mol. The van der Waals surface area contributed by atoms with Gasteiger partial charge in [-0.15, -0.1) is 6.42 Å². The summed E-state index contributed by atoms with van der Waals surface area (Å²) in [4.78, 5) is 0. The van der Waals surface area contributed by atoms with Gasteiger partial charge < -0.3 is 9.13 Å². The summed E-state index contributed by atoms with van der Waals surface area (Å²) in [6, 6.07) is 40.4. The molecule has 0 N–H and O–H groups in total. The molecule has 0 radical (unpaired) electrons. The van der Waals surface area contributed by atoms with Crippen LogP contribution in [0.25, 0.3) is 67.6 Å². The fraction of sp³-hybridized carbons (Fsp3) is 0.0652. The molecule has 0 bridgehead atoms. The molecule has 240 valence electrons. The molecule has 5 heteroatoms. The molecule has 51 heavy (non-hydrogen) atoms. The number of rotatable bonds is 6. The van der Waals surface area contributed by atoms with Gasteiger partial charge in [-0.2, -0.15) is 15.8 Å². The molecule has 0 aliphatic heterocycles. The van der Waals surface area contributed by atoms with Crippen molar-refractivity contribution in [1.29, 1.82) is 15.8 Å². The molecule has 0 saturated carbocycles. The van der Waals surface area contributed by atoms with Gasteiger partial charge in [-0.3, -0.25) is 0 Å². The van der Waals surface area contributed by atoms with Crippen LogP contribution >= 0.6 is 0 Å². The van der Waals surface area contributed by atoms with E-state index >= 15 is 0 Å². The Morgan fingerprint density at radius 2 is 1.27 bits per heavy atom. The molecule has 0 aliphatic rings. The summed E-state index contributed by atoms with van der Waals surface area (Å²) < 4.78 is 4.25. The molecule has 0 amide bonds. The summed E-state index contributed by atoms with van der Waals surface area (Å²) in [6.07, 6.45) is 14.1. The maximum absolute atomic E-state index is 10.5. The van der Waals surface area contributed by atoms with E-state index in [0.29, 0.717) is 22.3 Å². The van der Waals surface area contributed by atoms with Gasteiger partial charge in [0.25, 0.3) is 0 Å². The Morgan fingerprint density at radius 3 is 1.94 bits per heavy atom. The molecule has 0 atom stereocenters. The molecule has 0 unspecified atom stereocenters. The second kappa shape index (κ2) is 13.3. The lowest BCUT2D eigenvalue weighted by molar-refractivity contribution is 0.996. The van der Waals surface area contributed by atoms with E-state index in [0.717, 1.165) is 72.4 Å². The zero-order chi connectivity index (χ0) is 35.6. The number of benzene rings is 5. The van der Waals surface area contributed by atoms with Crippen LogP contribution in [0, 0.1) is 53.3 Å². The summed E-state index contributed by atoms with van der Waals surface area (Å²) in [5.41, 5.74) is 12.0. The summed E-state index contributed by atoms with van der Waals surface area (Å²) in [5.74, 6) is 2.89. The molecule has 0 aliphatic carbocycles. The van der Waals surface area contributed by atoms with Gasteiger partial charge in [-0.1, -0.05) is 78.8 Å². The van der Waals surface area contributed by atoms with E-state index in [1.807, 2.05) is 123 Å². The van der Waals surface area contributed by atoms with Crippen LogP contribution in [0.3, 0.4) is 0 Å². The van der Waals surface area contributed by atoms with Crippen molar-refractivity contribution in [2.75, 3.05) is 0 Å². The maximum atomic E-state index is 10.5. The second-order valence-corrected chi connectivity index (χ2v) is 12.2. The normalized spacial score (nSPS) is 11.2.